The lowest BCUT2D eigenvalue weighted by atomic mass is 9.93. The number of nitrogens with one attached hydrogen (secondary N) is 1. The molecule has 0 atom stereocenters. The van der Waals surface area contributed by atoms with Crippen LogP contribution in [0, 0.1) is 5.92 Å². The van der Waals surface area contributed by atoms with Crippen LogP contribution in [0.15, 0.2) is 0 Å². The highest BCUT2D eigenvalue weighted by Crippen LogP contribution is 2.18. The summed E-state index contributed by atoms with van der Waals surface area (Å²) in [6.07, 6.45) is 4.26. The molecule has 4 nitrogen and oxygen atoms in total. The maximum atomic E-state index is 11.9. The molecule has 0 aromatic heterocycles. The number of ether oxygens (including phenoxy) is 1. The Labute approximate surface area is 109 Å². The third-order valence-corrected chi connectivity index (χ3v) is 3.59. The topological polar surface area (TPSA) is 41.6 Å². The summed E-state index contributed by atoms with van der Waals surface area (Å²) in [4.78, 5) is 13.8. The van der Waals surface area contributed by atoms with Gasteiger partial charge in [0, 0.05) is 19.5 Å². The van der Waals surface area contributed by atoms with Crippen molar-refractivity contribution in [1.29, 1.82) is 0 Å². The van der Waals surface area contributed by atoms with Crippen LogP contribution in [-0.4, -0.2) is 50.2 Å². The van der Waals surface area contributed by atoms with Crippen LogP contribution in [0.2, 0.25) is 0 Å². The first-order chi connectivity index (χ1) is 7.86. The second-order valence-electron chi connectivity index (χ2n) is 4.73. The van der Waals surface area contributed by atoms with Crippen LogP contribution in [0.4, 0.5) is 0 Å². The molecular weight excluding hydrogens is 240 g/mol. The van der Waals surface area contributed by atoms with Gasteiger partial charge in [0.2, 0.25) is 5.91 Å². The van der Waals surface area contributed by atoms with Gasteiger partial charge in [-0.2, -0.15) is 0 Å². The van der Waals surface area contributed by atoms with Crippen LogP contribution < -0.4 is 5.32 Å². The maximum absolute atomic E-state index is 11.9. The van der Waals surface area contributed by atoms with Crippen LogP contribution in [0.25, 0.3) is 0 Å². The second kappa shape index (κ2) is 7.90. The van der Waals surface area contributed by atoms with E-state index >= 15 is 0 Å². The first-order valence-electron chi connectivity index (χ1n) is 6.42. The fourth-order valence-corrected chi connectivity index (χ4v) is 2.47. The Hall–Kier alpha value is -0.320. The van der Waals surface area contributed by atoms with Gasteiger partial charge in [0.1, 0.15) is 0 Å². The highest BCUT2D eigenvalue weighted by atomic mass is 35.5. The van der Waals surface area contributed by atoms with Crippen molar-refractivity contribution in [3.63, 3.8) is 0 Å². The number of carbonyl (C=O) groups excluding carboxylic acids is 1. The van der Waals surface area contributed by atoms with E-state index in [1.54, 1.807) is 0 Å². The van der Waals surface area contributed by atoms with Crippen molar-refractivity contribution in [2.24, 2.45) is 5.92 Å². The molecule has 17 heavy (non-hydrogen) atoms. The molecule has 0 aromatic rings. The van der Waals surface area contributed by atoms with Gasteiger partial charge < -0.3 is 15.0 Å². The van der Waals surface area contributed by atoms with E-state index in [9.17, 15) is 4.79 Å². The van der Waals surface area contributed by atoms with Gasteiger partial charge in [-0.3, -0.25) is 4.79 Å². The number of rotatable bonds is 3. The number of hydrogen-bond acceptors (Lipinski definition) is 3. The Morgan fingerprint density at radius 1 is 1.24 bits per heavy atom. The van der Waals surface area contributed by atoms with E-state index < -0.39 is 0 Å². The Bertz CT molecular complexity index is 227. The minimum Gasteiger partial charge on any atom is -0.378 e. The Morgan fingerprint density at radius 3 is 2.53 bits per heavy atom. The molecule has 2 rings (SSSR count). The van der Waals surface area contributed by atoms with Crippen LogP contribution in [0.3, 0.4) is 0 Å². The molecule has 0 radical (unpaired) electrons. The highest BCUT2D eigenvalue weighted by Gasteiger charge is 2.19. The first kappa shape index (κ1) is 14.7. The average Bonchev–Trinajstić information content (AvgIpc) is 2.38. The molecule has 0 unspecified atom stereocenters. The van der Waals surface area contributed by atoms with Gasteiger partial charge >= 0.3 is 0 Å². The minimum atomic E-state index is 0. The van der Waals surface area contributed by atoms with Crippen molar-refractivity contribution in [3.05, 3.63) is 0 Å². The summed E-state index contributed by atoms with van der Waals surface area (Å²) < 4.78 is 5.24. The predicted octanol–water partition coefficient (Wildman–Crippen LogP) is 1.05. The standard InChI is InChI=1S/C12H22N2O2.ClH/c15-12(14-7-9-16-10-8-14)2-1-11-3-5-13-6-4-11;/h11,13H,1-10H2;1H. The zero-order valence-electron chi connectivity index (χ0n) is 10.3. The fourth-order valence-electron chi connectivity index (χ4n) is 2.47. The number of amides is 1. The van der Waals surface area contributed by atoms with E-state index in [0.717, 1.165) is 44.9 Å². The van der Waals surface area contributed by atoms with E-state index in [0.29, 0.717) is 19.1 Å². The summed E-state index contributed by atoms with van der Waals surface area (Å²) in [6.45, 7) is 5.22. The smallest absolute Gasteiger partial charge is 0.222 e. The number of carbonyl (C=O) groups is 1. The van der Waals surface area contributed by atoms with Gasteiger partial charge in [-0.15, -0.1) is 12.4 Å². The summed E-state index contributed by atoms with van der Waals surface area (Å²) in [6, 6.07) is 0. The first-order valence-corrected chi connectivity index (χ1v) is 6.42. The van der Waals surface area contributed by atoms with Crippen LogP contribution in [-0.2, 0) is 9.53 Å². The molecule has 2 aliphatic rings. The van der Waals surface area contributed by atoms with E-state index in [1.165, 1.54) is 12.8 Å². The van der Waals surface area contributed by atoms with Crippen molar-refractivity contribution in [2.75, 3.05) is 39.4 Å². The van der Waals surface area contributed by atoms with Gasteiger partial charge in [0.15, 0.2) is 0 Å². The summed E-state index contributed by atoms with van der Waals surface area (Å²) in [5, 5.41) is 3.35. The molecule has 0 bridgehead atoms. The molecule has 2 heterocycles. The summed E-state index contributed by atoms with van der Waals surface area (Å²) in [5.41, 5.74) is 0. The van der Waals surface area contributed by atoms with E-state index in [4.69, 9.17) is 4.74 Å². The molecular formula is C12H23ClN2O2. The Balaban J connectivity index is 0.00000144. The SMILES string of the molecule is Cl.O=C(CCC1CCNCC1)N1CCOCC1. The maximum Gasteiger partial charge on any atom is 0.222 e. The molecule has 2 aliphatic heterocycles. The number of hydrogen-bond donors (Lipinski definition) is 1. The molecule has 0 aliphatic carbocycles. The van der Waals surface area contributed by atoms with E-state index in [-0.39, 0.29) is 12.4 Å². The zero-order chi connectivity index (χ0) is 11.2. The van der Waals surface area contributed by atoms with Crippen molar-refractivity contribution >= 4 is 18.3 Å². The van der Waals surface area contributed by atoms with Crippen molar-refractivity contribution in [1.82, 2.24) is 10.2 Å². The summed E-state index contributed by atoms with van der Waals surface area (Å²) >= 11 is 0. The van der Waals surface area contributed by atoms with Crippen LogP contribution in [0.5, 0.6) is 0 Å². The Morgan fingerprint density at radius 2 is 1.88 bits per heavy atom. The van der Waals surface area contributed by atoms with Gasteiger partial charge in [0.25, 0.3) is 0 Å². The lowest BCUT2D eigenvalue weighted by Gasteiger charge is -2.28. The molecule has 1 N–H and O–H groups in total. The molecule has 5 heteroatoms. The second-order valence-corrected chi connectivity index (χ2v) is 4.73. The monoisotopic (exact) mass is 262 g/mol. The average molecular weight is 263 g/mol. The molecule has 2 saturated heterocycles. The third kappa shape index (κ3) is 4.82. The fraction of sp³-hybridized carbons (Fsp3) is 0.917. The lowest BCUT2D eigenvalue weighted by molar-refractivity contribution is -0.135. The van der Waals surface area contributed by atoms with Gasteiger partial charge in [-0.25, -0.2) is 0 Å². The molecule has 0 spiro atoms. The number of nitrogens with zero attached hydrogens (tertiary/aromatic N) is 1. The minimum absolute atomic E-state index is 0. The Kier molecular flexibility index (Phi) is 6.85. The highest BCUT2D eigenvalue weighted by molar-refractivity contribution is 5.85. The number of morpholine rings is 1. The summed E-state index contributed by atoms with van der Waals surface area (Å²) in [5.74, 6) is 1.08. The predicted molar refractivity (Wildman–Crippen MR) is 69.5 cm³/mol. The van der Waals surface area contributed by atoms with E-state index in [1.807, 2.05) is 4.90 Å². The molecule has 1 amide bonds. The van der Waals surface area contributed by atoms with Gasteiger partial charge in [0.05, 0.1) is 13.2 Å². The van der Waals surface area contributed by atoms with Gasteiger partial charge in [-0.05, 0) is 38.3 Å². The number of halogens is 1. The van der Waals surface area contributed by atoms with Crippen molar-refractivity contribution < 1.29 is 9.53 Å². The van der Waals surface area contributed by atoms with E-state index in [2.05, 4.69) is 5.32 Å². The zero-order valence-corrected chi connectivity index (χ0v) is 11.1. The number of piperidine rings is 1. The summed E-state index contributed by atoms with van der Waals surface area (Å²) in [7, 11) is 0. The normalized spacial score (nSPS) is 22.0. The molecule has 2 fully saturated rings. The van der Waals surface area contributed by atoms with Crippen LogP contribution >= 0.6 is 12.4 Å². The molecule has 100 valence electrons. The van der Waals surface area contributed by atoms with Crippen LogP contribution in [0.1, 0.15) is 25.7 Å². The quantitative estimate of drug-likeness (QED) is 0.827. The van der Waals surface area contributed by atoms with Gasteiger partial charge in [-0.1, -0.05) is 0 Å². The lowest BCUT2D eigenvalue weighted by Crippen LogP contribution is -2.40. The molecule has 0 aromatic carbocycles. The third-order valence-electron chi connectivity index (χ3n) is 3.59. The molecule has 0 saturated carbocycles. The largest absolute Gasteiger partial charge is 0.378 e. The van der Waals surface area contributed by atoms with Crippen molar-refractivity contribution in [2.45, 2.75) is 25.7 Å². The van der Waals surface area contributed by atoms with Crippen molar-refractivity contribution in [3.8, 4) is 0 Å².